The van der Waals surface area contributed by atoms with Crippen molar-refractivity contribution in [3.8, 4) is 0 Å². The predicted octanol–water partition coefficient (Wildman–Crippen LogP) is 3.68. The highest BCUT2D eigenvalue weighted by Gasteiger charge is 2.35. The highest BCUT2D eigenvalue weighted by atomic mass is 16.2. The van der Waals surface area contributed by atoms with E-state index in [1.807, 2.05) is 25.7 Å². The molecule has 2 fully saturated rings. The number of carbonyl (C=O) groups is 3. The fourth-order valence-corrected chi connectivity index (χ4v) is 4.47. The fraction of sp³-hybridized carbons (Fsp3) is 0.609. The Labute approximate surface area is 173 Å². The molecule has 6 heteroatoms. The normalized spacial score (nSPS) is 20.2. The molecule has 0 spiro atoms. The van der Waals surface area contributed by atoms with Crippen LogP contribution in [0.3, 0.4) is 0 Å². The maximum atomic E-state index is 12.9. The van der Waals surface area contributed by atoms with Crippen molar-refractivity contribution >= 4 is 23.4 Å². The van der Waals surface area contributed by atoms with Crippen LogP contribution in [0.15, 0.2) is 24.3 Å². The third-order valence-electron chi connectivity index (χ3n) is 6.17. The Hall–Kier alpha value is -2.37. The van der Waals surface area contributed by atoms with Crippen molar-refractivity contribution in [1.82, 2.24) is 9.80 Å². The van der Waals surface area contributed by atoms with Crippen LogP contribution in [-0.4, -0.2) is 52.7 Å². The Morgan fingerprint density at radius 1 is 1.14 bits per heavy atom. The van der Waals surface area contributed by atoms with Crippen LogP contribution in [0.1, 0.15) is 69.7 Å². The van der Waals surface area contributed by atoms with Crippen LogP contribution in [0.2, 0.25) is 0 Å². The monoisotopic (exact) mass is 399 g/mol. The average molecular weight is 400 g/mol. The molecule has 1 aliphatic carbocycles. The average Bonchev–Trinajstić information content (AvgIpc) is 3.12. The van der Waals surface area contributed by atoms with Gasteiger partial charge in [0.15, 0.2) is 0 Å². The first-order valence-corrected chi connectivity index (χ1v) is 10.9. The number of hydrogen-bond donors (Lipinski definition) is 1. The first kappa shape index (κ1) is 21.3. The third-order valence-corrected chi connectivity index (χ3v) is 6.17. The quantitative estimate of drug-likeness (QED) is 0.793. The van der Waals surface area contributed by atoms with Crippen molar-refractivity contribution < 1.29 is 14.4 Å². The van der Waals surface area contributed by atoms with Gasteiger partial charge in [0.25, 0.3) is 5.91 Å². The Kier molecular flexibility index (Phi) is 6.93. The molecule has 0 radical (unpaired) electrons. The summed E-state index contributed by atoms with van der Waals surface area (Å²) >= 11 is 0. The van der Waals surface area contributed by atoms with Crippen LogP contribution in [0.4, 0.5) is 5.69 Å². The molecule has 1 unspecified atom stereocenters. The zero-order chi connectivity index (χ0) is 21.0. The molecule has 1 saturated carbocycles. The third kappa shape index (κ3) is 4.98. The number of carbonyl (C=O) groups excluding carboxylic acids is 3. The van der Waals surface area contributed by atoms with E-state index in [1.165, 1.54) is 19.3 Å². The molecule has 1 N–H and O–H groups in total. The minimum atomic E-state index is -0.326. The molecule has 29 heavy (non-hydrogen) atoms. The summed E-state index contributed by atoms with van der Waals surface area (Å²) in [6.45, 7) is 7.13. The minimum absolute atomic E-state index is 0.0310. The number of rotatable bonds is 6. The zero-order valence-electron chi connectivity index (χ0n) is 17.8. The van der Waals surface area contributed by atoms with Gasteiger partial charge in [-0.25, -0.2) is 0 Å². The summed E-state index contributed by atoms with van der Waals surface area (Å²) in [5.41, 5.74) is 1.31. The largest absolute Gasteiger partial charge is 0.339 e. The van der Waals surface area contributed by atoms with Crippen LogP contribution < -0.4 is 5.32 Å². The molecule has 1 heterocycles. The van der Waals surface area contributed by atoms with Gasteiger partial charge in [-0.15, -0.1) is 0 Å². The highest BCUT2D eigenvalue weighted by Crippen LogP contribution is 2.25. The molecule has 158 valence electrons. The van der Waals surface area contributed by atoms with E-state index in [2.05, 4.69) is 5.32 Å². The van der Waals surface area contributed by atoms with Crippen LogP contribution in [0.25, 0.3) is 0 Å². The molecule has 1 aromatic carbocycles. The summed E-state index contributed by atoms with van der Waals surface area (Å²) in [7, 11) is 0. The lowest BCUT2D eigenvalue weighted by molar-refractivity contribution is -0.129. The number of anilines is 1. The van der Waals surface area contributed by atoms with E-state index in [1.54, 1.807) is 29.2 Å². The molecule has 1 aliphatic heterocycles. The van der Waals surface area contributed by atoms with Crippen molar-refractivity contribution in [3.63, 3.8) is 0 Å². The van der Waals surface area contributed by atoms with Crippen LogP contribution >= 0.6 is 0 Å². The van der Waals surface area contributed by atoms with Gasteiger partial charge in [0, 0.05) is 42.8 Å². The second kappa shape index (κ2) is 9.42. The van der Waals surface area contributed by atoms with Gasteiger partial charge < -0.3 is 15.1 Å². The van der Waals surface area contributed by atoms with Gasteiger partial charge in [0.1, 0.15) is 0 Å². The maximum absolute atomic E-state index is 12.9. The van der Waals surface area contributed by atoms with E-state index in [0.717, 1.165) is 12.8 Å². The topological polar surface area (TPSA) is 69.7 Å². The van der Waals surface area contributed by atoms with Crippen LogP contribution in [-0.2, 0) is 9.59 Å². The van der Waals surface area contributed by atoms with E-state index in [4.69, 9.17) is 0 Å². The number of nitrogens with one attached hydrogen (secondary N) is 1. The van der Waals surface area contributed by atoms with Crippen molar-refractivity contribution in [2.24, 2.45) is 5.92 Å². The van der Waals surface area contributed by atoms with Crippen molar-refractivity contribution in [2.45, 2.75) is 71.4 Å². The molecular formula is C23H33N3O3. The Morgan fingerprint density at radius 3 is 2.34 bits per heavy atom. The lowest BCUT2D eigenvalue weighted by atomic mass is 9.93. The van der Waals surface area contributed by atoms with Gasteiger partial charge in [-0.3, -0.25) is 14.4 Å². The predicted molar refractivity (Wildman–Crippen MR) is 114 cm³/mol. The number of benzene rings is 1. The fourth-order valence-electron chi connectivity index (χ4n) is 4.47. The molecule has 3 rings (SSSR count). The van der Waals surface area contributed by atoms with Crippen LogP contribution in [0.5, 0.6) is 0 Å². The van der Waals surface area contributed by atoms with E-state index in [9.17, 15) is 14.4 Å². The number of nitrogens with zero attached hydrogens (tertiary/aromatic N) is 2. The highest BCUT2D eigenvalue weighted by molar-refractivity contribution is 5.98. The molecule has 2 aliphatic rings. The van der Waals surface area contributed by atoms with E-state index >= 15 is 0 Å². The molecular weight excluding hydrogens is 366 g/mol. The Bertz CT molecular complexity index is 738. The second-order valence-corrected chi connectivity index (χ2v) is 8.49. The van der Waals surface area contributed by atoms with E-state index < -0.39 is 0 Å². The summed E-state index contributed by atoms with van der Waals surface area (Å²) in [5.74, 6) is -0.374. The van der Waals surface area contributed by atoms with Crippen LogP contribution in [0, 0.1) is 5.92 Å². The molecule has 0 bridgehead atoms. The van der Waals surface area contributed by atoms with E-state index in [0.29, 0.717) is 30.4 Å². The summed E-state index contributed by atoms with van der Waals surface area (Å²) in [5, 5.41) is 2.89. The Balaban J connectivity index is 1.60. The summed E-state index contributed by atoms with van der Waals surface area (Å²) in [6.07, 6.45) is 6.07. The molecule has 6 nitrogen and oxygen atoms in total. The first-order valence-electron chi connectivity index (χ1n) is 10.9. The van der Waals surface area contributed by atoms with Gasteiger partial charge >= 0.3 is 0 Å². The molecule has 0 aromatic heterocycles. The first-order chi connectivity index (χ1) is 13.9. The standard InChI is InChI=1S/C23H33N3O3/c1-4-25(20-8-6-5-7-9-20)23(29)17-10-12-19(13-11-17)24-22(28)18-14-21(27)26(15-18)16(2)3/h10-13,16,18,20H,4-9,14-15H2,1-3H3,(H,24,28). The number of likely N-dealkylation sites (tertiary alicyclic amines) is 1. The zero-order valence-corrected chi connectivity index (χ0v) is 17.8. The van der Waals surface area contributed by atoms with Gasteiger partial charge in [0.05, 0.1) is 5.92 Å². The number of hydrogen-bond acceptors (Lipinski definition) is 3. The summed E-state index contributed by atoms with van der Waals surface area (Å²) in [6, 6.07) is 7.56. The van der Waals surface area contributed by atoms with Gasteiger partial charge in [-0.05, 0) is 57.9 Å². The second-order valence-electron chi connectivity index (χ2n) is 8.49. The van der Waals surface area contributed by atoms with Gasteiger partial charge in [-0.2, -0.15) is 0 Å². The molecule has 1 saturated heterocycles. The summed E-state index contributed by atoms with van der Waals surface area (Å²) in [4.78, 5) is 41.3. The van der Waals surface area contributed by atoms with E-state index in [-0.39, 0.29) is 36.1 Å². The van der Waals surface area contributed by atoms with Crippen molar-refractivity contribution in [3.05, 3.63) is 29.8 Å². The SMILES string of the molecule is CCN(C(=O)c1ccc(NC(=O)C2CC(=O)N(C(C)C)C2)cc1)C1CCCCC1. The maximum Gasteiger partial charge on any atom is 0.254 e. The number of amides is 3. The lowest BCUT2D eigenvalue weighted by Crippen LogP contribution is -2.41. The molecule has 1 atom stereocenters. The lowest BCUT2D eigenvalue weighted by Gasteiger charge is -2.33. The molecule has 1 aromatic rings. The van der Waals surface area contributed by atoms with Gasteiger partial charge in [0.2, 0.25) is 11.8 Å². The minimum Gasteiger partial charge on any atom is -0.339 e. The summed E-state index contributed by atoms with van der Waals surface area (Å²) < 4.78 is 0. The Morgan fingerprint density at radius 2 is 1.79 bits per heavy atom. The molecule has 3 amide bonds. The smallest absolute Gasteiger partial charge is 0.254 e. The van der Waals surface area contributed by atoms with Crippen molar-refractivity contribution in [2.75, 3.05) is 18.4 Å². The van der Waals surface area contributed by atoms with Crippen molar-refractivity contribution in [1.29, 1.82) is 0 Å². The van der Waals surface area contributed by atoms with Gasteiger partial charge in [-0.1, -0.05) is 19.3 Å².